The number of carbonyl (C=O) groups excluding carboxylic acids is 1. The summed E-state index contributed by atoms with van der Waals surface area (Å²) in [5, 5.41) is 9.03. The monoisotopic (exact) mass is 451 g/mol. The molecule has 0 saturated heterocycles. The van der Waals surface area contributed by atoms with Crippen molar-refractivity contribution < 1.29 is 45.6 Å². The summed E-state index contributed by atoms with van der Waals surface area (Å²) < 4.78 is 5.12. The van der Waals surface area contributed by atoms with Gasteiger partial charge in [-0.3, -0.25) is 0 Å². The summed E-state index contributed by atoms with van der Waals surface area (Å²) in [5.41, 5.74) is 2.18. The summed E-state index contributed by atoms with van der Waals surface area (Å²) >= 11 is -0.108. The first-order chi connectivity index (χ1) is 8.63. The third kappa shape index (κ3) is 4.30. The Bertz CT molecular complexity index is 520. The van der Waals surface area contributed by atoms with E-state index in [2.05, 4.69) is 0 Å². The van der Waals surface area contributed by atoms with E-state index < -0.39 is 11.4 Å². The van der Waals surface area contributed by atoms with Gasteiger partial charge in [-0.15, -0.1) is 0 Å². The number of carbonyl (C=O) groups is 2. The molecular weight excluding hydrogens is 433 g/mol. The maximum atomic E-state index is 11.3. The summed E-state index contributed by atoms with van der Waals surface area (Å²) in [6, 6.07) is 3.78. The van der Waals surface area contributed by atoms with Gasteiger partial charge >= 0.3 is 129 Å². The molecule has 0 radical (unpaired) electrons. The number of aliphatic carboxylic acids is 1. The van der Waals surface area contributed by atoms with E-state index in [0.717, 1.165) is 16.7 Å². The van der Waals surface area contributed by atoms with Gasteiger partial charge in [-0.25, -0.2) is 0 Å². The van der Waals surface area contributed by atoms with Crippen LogP contribution in [0.25, 0.3) is 0 Å². The van der Waals surface area contributed by atoms with E-state index in [9.17, 15) is 9.59 Å². The Labute approximate surface area is 129 Å². The number of carboxylic acid groups (broad SMARTS) is 1. The van der Waals surface area contributed by atoms with E-state index >= 15 is 0 Å². The summed E-state index contributed by atoms with van der Waals surface area (Å²) in [6.45, 7) is 7.55. The number of hydrogen-bond donors (Lipinski definition) is 1. The van der Waals surface area contributed by atoms with Gasteiger partial charge in [0.2, 0.25) is 0 Å². The van der Waals surface area contributed by atoms with Crippen LogP contribution in [0, 0.1) is 13.8 Å². The molecule has 0 fully saturated rings. The predicted octanol–water partition coefficient (Wildman–Crippen LogP) is 3.10. The van der Waals surface area contributed by atoms with E-state index in [1.165, 1.54) is 0 Å². The standard InChI is InChI=1S/C14H17O4.Hg/c1-9-5-10(2)13(11(6-9)18-8-15)14(3,4)7-12(16)17;/h5-6H,7H2,1-4H3,(H,16,17);. The zero-order valence-electron chi connectivity index (χ0n) is 11.7. The molecule has 0 aliphatic rings. The first kappa shape index (κ1) is 16.2. The SMILES string of the molecule is Cc1cc(C)c(C(C)(C)CC(=O)O)c(O[C](=O)[Hg])c1. The summed E-state index contributed by atoms with van der Waals surface area (Å²) in [7, 11) is 0. The summed E-state index contributed by atoms with van der Waals surface area (Å²) in [5.74, 6) is -0.361. The molecule has 1 aromatic carbocycles. The van der Waals surface area contributed by atoms with E-state index in [0.29, 0.717) is 5.75 Å². The van der Waals surface area contributed by atoms with Crippen molar-refractivity contribution in [3.63, 3.8) is 0 Å². The molecule has 99 valence electrons. The minimum absolute atomic E-state index is 0.00678. The van der Waals surface area contributed by atoms with Gasteiger partial charge in [-0.2, -0.15) is 0 Å². The zero-order chi connectivity index (χ0) is 14.8. The predicted molar refractivity (Wildman–Crippen MR) is 67.2 cm³/mol. The molecule has 4 nitrogen and oxygen atoms in total. The Morgan fingerprint density at radius 3 is 2.37 bits per heavy atom. The zero-order valence-corrected chi connectivity index (χ0v) is 17.2. The van der Waals surface area contributed by atoms with Crippen molar-refractivity contribution >= 4 is 9.45 Å². The second-order valence-corrected chi connectivity index (χ2v) is 7.63. The van der Waals surface area contributed by atoms with Crippen molar-refractivity contribution in [3.05, 3.63) is 28.8 Å². The Morgan fingerprint density at radius 1 is 1.32 bits per heavy atom. The van der Waals surface area contributed by atoms with Crippen molar-refractivity contribution in [2.45, 2.75) is 39.5 Å². The molecule has 0 aliphatic heterocycles. The molecule has 0 bridgehead atoms. The van der Waals surface area contributed by atoms with Crippen LogP contribution in [0.2, 0.25) is 0 Å². The quantitative estimate of drug-likeness (QED) is 0.717. The van der Waals surface area contributed by atoms with Crippen LogP contribution in [-0.2, 0) is 36.3 Å². The van der Waals surface area contributed by atoms with Gasteiger partial charge in [0.15, 0.2) is 0 Å². The van der Waals surface area contributed by atoms with Gasteiger partial charge < -0.3 is 0 Å². The molecule has 0 aliphatic carbocycles. The first-order valence-electron chi connectivity index (χ1n) is 6.01. The summed E-state index contributed by atoms with van der Waals surface area (Å²) in [4.78, 5) is 22.3. The van der Waals surface area contributed by atoms with E-state index in [4.69, 9.17) is 9.84 Å². The van der Waals surface area contributed by atoms with Gasteiger partial charge in [0.05, 0.1) is 0 Å². The van der Waals surface area contributed by atoms with Crippen LogP contribution in [-0.4, -0.2) is 14.6 Å². The summed E-state index contributed by atoms with van der Waals surface area (Å²) in [6.07, 6.45) is -0.00678. The number of hydrogen-bond acceptors (Lipinski definition) is 3. The first-order valence-corrected chi connectivity index (χ1v) is 8.75. The fourth-order valence-electron chi connectivity index (χ4n) is 2.47. The minimum atomic E-state index is -0.864. The molecule has 0 spiro atoms. The Balaban J connectivity index is 3.39. The molecule has 0 heterocycles. The normalized spacial score (nSPS) is 11.3. The van der Waals surface area contributed by atoms with Crippen LogP contribution in [0.1, 0.15) is 37.0 Å². The van der Waals surface area contributed by atoms with E-state index in [-0.39, 0.29) is 36.0 Å². The fraction of sp³-hybridized carbons (Fsp3) is 0.429. The van der Waals surface area contributed by atoms with Crippen molar-refractivity contribution in [3.8, 4) is 5.75 Å². The van der Waals surface area contributed by atoms with Gasteiger partial charge in [-0.05, 0) is 0 Å². The number of benzene rings is 1. The Morgan fingerprint density at radius 2 is 1.89 bits per heavy atom. The number of ether oxygens (including phenoxy) is 1. The third-order valence-corrected chi connectivity index (χ3v) is 3.50. The van der Waals surface area contributed by atoms with Gasteiger partial charge in [0, 0.05) is 0 Å². The Kier molecular flexibility index (Phi) is 5.13. The maximum absolute atomic E-state index is 11.3. The molecular formula is C14H17HgO4. The van der Waals surface area contributed by atoms with Crippen molar-refractivity contribution in [2.75, 3.05) is 0 Å². The molecule has 1 rings (SSSR count). The average Bonchev–Trinajstić information content (AvgIpc) is 2.10. The molecule has 0 atom stereocenters. The van der Waals surface area contributed by atoms with Crippen LogP contribution in [0.15, 0.2) is 12.1 Å². The molecule has 0 saturated carbocycles. The van der Waals surface area contributed by atoms with Gasteiger partial charge in [-0.1, -0.05) is 0 Å². The average molecular weight is 450 g/mol. The molecule has 0 aromatic heterocycles. The van der Waals surface area contributed by atoms with Crippen LogP contribution in [0.4, 0.5) is 4.79 Å². The van der Waals surface area contributed by atoms with Crippen LogP contribution in [0.3, 0.4) is 0 Å². The molecule has 1 aromatic rings. The van der Waals surface area contributed by atoms with E-state index in [1.807, 2.05) is 33.8 Å². The van der Waals surface area contributed by atoms with Crippen molar-refractivity contribution in [2.24, 2.45) is 0 Å². The second kappa shape index (κ2) is 6.03. The van der Waals surface area contributed by atoms with Gasteiger partial charge in [0.1, 0.15) is 0 Å². The Hall–Kier alpha value is -0.905. The number of rotatable bonds is 4. The van der Waals surface area contributed by atoms with E-state index in [1.54, 1.807) is 6.07 Å². The topological polar surface area (TPSA) is 63.6 Å². The number of carboxylic acids is 1. The molecule has 5 heteroatoms. The van der Waals surface area contributed by atoms with Crippen LogP contribution >= 0.6 is 0 Å². The fourth-order valence-corrected chi connectivity index (χ4v) is 3.07. The second-order valence-electron chi connectivity index (χ2n) is 5.38. The van der Waals surface area contributed by atoms with Crippen LogP contribution < -0.4 is 4.74 Å². The van der Waals surface area contributed by atoms with Crippen LogP contribution in [0.5, 0.6) is 5.75 Å². The van der Waals surface area contributed by atoms with Crippen molar-refractivity contribution in [1.82, 2.24) is 0 Å². The third-order valence-electron chi connectivity index (χ3n) is 2.94. The van der Waals surface area contributed by atoms with Crippen molar-refractivity contribution in [1.29, 1.82) is 0 Å². The molecule has 0 amide bonds. The van der Waals surface area contributed by atoms with Gasteiger partial charge in [0.25, 0.3) is 0 Å². The molecule has 19 heavy (non-hydrogen) atoms. The molecule has 1 N–H and O–H groups in total. The molecule has 0 unspecified atom stereocenters. The number of aryl methyl sites for hydroxylation is 2.